The van der Waals surface area contributed by atoms with E-state index in [-0.39, 0.29) is 24.0 Å². The van der Waals surface area contributed by atoms with Crippen LogP contribution in [0.1, 0.15) is 24.8 Å². The standard InChI is InChI=1S/C21H35N3O4.HI/c1-22-21(24-11-4-13-27-16-19-9-14-28-17-19)23-10-3-12-26-15-18-5-7-20(25-2)8-6-18;/h5-8,19H,3-4,9-17H2,1-2H3,(H2,22,23,24);1H. The molecule has 0 aromatic heterocycles. The molecule has 1 saturated heterocycles. The van der Waals surface area contributed by atoms with Crippen LogP contribution in [-0.4, -0.2) is 66.2 Å². The number of nitrogens with zero attached hydrogens (tertiary/aromatic N) is 1. The van der Waals surface area contributed by atoms with Gasteiger partial charge in [-0.1, -0.05) is 12.1 Å². The van der Waals surface area contributed by atoms with Gasteiger partial charge in [-0.05, 0) is 37.0 Å². The summed E-state index contributed by atoms with van der Waals surface area (Å²) in [5, 5.41) is 6.61. The van der Waals surface area contributed by atoms with Crippen LogP contribution in [0.25, 0.3) is 0 Å². The van der Waals surface area contributed by atoms with Gasteiger partial charge in [0.1, 0.15) is 5.75 Å². The summed E-state index contributed by atoms with van der Waals surface area (Å²) in [5.74, 6) is 2.26. The van der Waals surface area contributed by atoms with Crippen molar-refractivity contribution in [2.75, 3.05) is 60.3 Å². The molecular formula is C21H36IN3O4. The van der Waals surface area contributed by atoms with Crippen LogP contribution in [-0.2, 0) is 20.8 Å². The quantitative estimate of drug-likeness (QED) is 0.180. The molecule has 0 aliphatic carbocycles. The van der Waals surface area contributed by atoms with Gasteiger partial charge in [-0.25, -0.2) is 0 Å². The zero-order valence-corrected chi connectivity index (χ0v) is 20.0. The van der Waals surface area contributed by atoms with Crippen molar-refractivity contribution in [3.8, 4) is 5.75 Å². The van der Waals surface area contributed by atoms with E-state index in [0.717, 1.165) is 76.1 Å². The van der Waals surface area contributed by atoms with Gasteiger partial charge in [0.25, 0.3) is 0 Å². The maximum absolute atomic E-state index is 5.71. The van der Waals surface area contributed by atoms with E-state index in [4.69, 9.17) is 18.9 Å². The summed E-state index contributed by atoms with van der Waals surface area (Å²) in [6.07, 6.45) is 3.00. The summed E-state index contributed by atoms with van der Waals surface area (Å²) in [6, 6.07) is 7.94. The molecule has 0 amide bonds. The number of halogens is 1. The zero-order chi connectivity index (χ0) is 19.9. The van der Waals surface area contributed by atoms with Gasteiger partial charge in [-0.3, -0.25) is 4.99 Å². The van der Waals surface area contributed by atoms with Gasteiger partial charge in [0.2, 0.25) is 0 Å². The molecule has 8 heteroatoms. The Morgan fingerprint density at radius 2 is 1.79 bits per heavy atom. The van der Waals surface area contributed by atoms with Gasteiger partial charge in [0.15, 0.2) is 5.96 Å². The van der Waals surface area contributed by atoms with Gasteiger partial charge < -0.3 is 29.6 Å². The van der Waals surface area contributed by atoms with Crippen LogP contribution >= 0.6 is 24.0 Å². The zero-order valence-electron chi connectivity index (χ0n) is 17.7. The Balaban J connectivity index is 0.00000420. The van der Waals surface area contributed by atoms with E-state index in [9.17, 15) is 0 Å². The minimum atomic E-state index is 0. The lowest BCUT2D eigenvalue weighted by molar-refractivity contribution is 0.0888. The summed E-state index contributed by atoms with van der Waals surface area (Å²) in [6.45, 7) is 6.28. The fourth-order valence-corrected chi connectivity index (χ4v) is 2.86. The predicted octanol–water partition coefficient (Wildman–Crippen LogP) is 2.83. The first-order valence-electron chi connectivity index (χ1n) is 10.1. The number of ether oxygens (including phenoxy) is 4. The second-order valence-electron chi connectivity index (χ2n) is 6.84. The molecule has 1 fully saturated rings. The van der Waals surface area contributed by atoms with E-state index in [2.05, 4.69) is 15.6 Å². The van der Waals surface area contributed by atoms with E-state index in [0.29, 0.717) is 19.1 Å². The number of methoxy groups -OCH3 is 1. The summed E-state index contributed by atoms with van der Waals surface area (Å²) < 4.78 is 21.9. The monoisotopic (exact) mass is 521 g/mol. The second-order valence-corrected chi connectivity index (χ2v) is 6.84. The smallest absolute Gasteiger partial charge is 0.190 e. The van der Waals surface area contributed by atoms with Crippen molar-refractivity contribution in [1.29, 1.82) is 0 Å². The highest BCUT2D eigenvalue weighted by atomic mass is 127. The van der Waals surface area contributed by atoms with E-state index in [1.165, 1.54) is 0 Å². The number of guanidine groups is 1. The molecule has 1 aliphatic heterocycles. The minimum absolute atomic E-state index is 0. The molecule has 0 bridgehead atoms. The molecular weight excluding hydrogens is 485 g/mol. The molecule has 1 aromatic carbocycles. The first-order chi connectivity index (χ1) is 13.8. The van der Waals surface area contributed by atoms with Crippen molar-refractivity contribution in [3.05, 3.63) is 29.8 Å². The molecule has 2 N–H and O–H groups in total. The highest BCUT2D eigenvalue weighted by Crippen LogP contribution is 2.12. The number of rotatable bonds is 13. The average molecular weight is 521 g/mol. The molecule has 1 heterocycles. The number of benzene rings is 1. The number of nitrogens with one attached hydrogen (secondary N) is 2. The topological polar surface area (TPSA) is 73.3 Å². The molecule has 0 saturated carbocycles. The van der Waals surface area contributed by atoms with Gasteiger partial charge in [0, 0.05) is 45.9 Å². The van der Waals surface area contributed by atoms with Crippen molar-refractivity contribution in [1.82, 2.24) is 10.6 Å². The van der Waals surface area contributed by atoms with Gasteiger partial charge >= 0.3 is 0 Å². The van der Waals surface area contributed by atoms with Gasteiger partial charge in [0.05, 0.1) is 26.9 Å². The van der Waals surface area contributed by atoms with Gasteiger partial charge in [-0.15, -0.1) is 24.0 Å². The molecule has 2 rings (SSSR count). The lowest BCUT2D eigenvalue weighted by Crippen LogP contribution is -2.38. The van der Waals surface area contributed by atoms with Crippen LogP contribution in [0.3, 0.4) is 0 Å². The van der Waals surface area contributed by atoms with Crippen LogP contribution in [0, 0.1) is 5.92 Å². The number of hydrogen-bond donors (Lipinski definition) is 2. The summed E-state index contributed by atoms with van der Waals surface area (Å²) in [5.41, 5.74) is 1.15. The third kappa shape index (κ3) is 11.6. The molecule has 1 atom stereocenters. The molecule has 0 spiro atoms. The Morgan fingerprint density at radius 1 is 1.10 bits per heavy atom. The SMILES string of the molecule is CN=C(NCCCOCc1ccc(OC)cc1)NCCCOCC1CCOC1.I. The van der Waals surface area contributed by atoms with Crippen molar-refractivity contribution in [2.45, 2.75) is 25.9 Å². The Morgan fingerprint density at radius 3 is 2.38 bits per heavy atom. The number of aliphatic imine (C=N–C) groups is 1. The molecule has 166 valence electrons. The molecule has 0 radical (unpaired) electrons. The lowest BCUT2D eigenvalue weighted by Gasteiger charge is -2.13. The van der Waals surface area contributed by atoms with Crippen LogP contribution in [0.15, 0.2) is 29.3 Å². The van der Waals surface area contributed by atoms with Crippen molar-refractivity contribution >= 4 is 29.9 Å². The first-order valence-corrected chi connectivity index (χ1v) is 10.1. The van der Waals surface area contributed by atoms with E-state index in [1.807, 2.05) is 24.3 Å². The second kappa shape index (κ2) is 16.7. The average Bonchev–Trinajstić information content (AvgIpc) is 3.25. The largest absolute Gasteiger partial charge is 0.497 e. The highest BCUT2D eigenvalue weighted by molar-refractivity contribution is 14.0. The van der Waals surface area contributed by atoms with Crippen molar-refractivity contribution in [2.24, 2.45) is 10.9 Å². The van der Waals surface area contributed by atoms with E-state index >= 15 is 0 Å². The Kier molecular flexibility index (Phi) is 14.9. The fraction of sp³-hybridized carbons (Fsp3) is 0.667. The summed E-state index contributed by atoms with van der Waals surface area (Å²) in [4.78, 5) is 4.23. The van der Waals surface area contributed by atoms with Crippen molar-refractivity contribution in [3.63, 3.8) is 0 Å². The van der Waals surface area contributed by atoms with E-state index < -0.39 is 0 Å². The van der Waals surface area contributed by atoms with Crippen LogP contribution < -0.4 is 15.4 Å². The summed E-state index contributed by atoms with van der Waals surface area (Å²) in [7, 11) is 3.45. The predicted molar refractivity (Wildman–Crippen MR) is 126 cm³/mol. The Bertz CT molecular complexity index is 551. The lowest BCUT2D eigenvalue weighted by atomic mass is 10.1. The normalized spacial score (nSPS) is 16.3. The van der Waals surface area contributed by atoms with Gasteiger partial charge in [-0.2, -0.15) is 0 Å². The fourth-order valence-electron chi connectivity index (χ4n) is 2.86. The maximum Gasteiger partial charge on any atom is 0.190 e. The molecule has 1 aromatic rings. The molecule has 7 nitrogen and oxygen atoms in total. The Hall–Kier alpha value is -1.10. The Labute approximate surface area is 191 Å². The third-order valence-electron chi connectivity index (χ3n) is 4.54. The van der Waals surface area contributed by atoms with Crippen molar-refractivity contribution < 1.29 is 18.9 Å². The maximum atomic E-state index is 5.71. The molecule has 1 unspecified atom stereocenters. The molecule has 1 aliphatic rings. The number of hydrogen-bond acceptors (Lipinski definition) is 5. The first kappa shape index (κ1) is 25.9. The summed E-state index contributed by atoms with van der Waals surface area (Å²) >= 11 is 0. The van der Waals surface area contributed by atoms with Crippen LogP contribution in [0.2, 0.25) is 0 Å². The third-order valence-corrected chi connectivity index (χ3v) is 4.54. The highest BCUT2D eigenvalue weighted by Gasteiger charge is 2.15. The minimum Gasteiger partial charge on any atom is -0.497 e. The van der Waals surface area contributed by atoms with Crippen LogP contribution in [0.4, 0.5) is 0 Å². The van der Waals surface area contributed by atoms with Crippen LogP contribution in [0.5, 0.6) is 5.75 Å². The molecule has 29 heavy (non-hydrogen) atoms. The van der Waals surface area contributed by atoms with E-state index in [1.54, 1.807) is 14.2 Å².